The Morgan fingerprint density at radius 3 is 2.38 bits per heavy atom. The van der Waals surface area contributed by atoms with Crippen molar-refractivity contribution >= 4 is 18.0 Å². The summed E-state index contributed by atoms with van der Waals surface area (Å²) in [5.74, 6) is -1.46. The van der Waals surface area contributed by atoms with Crippen LogP contribution in [0, 0.1) is 5.41 Å². The summed E-state index contributed by atoms with van der Waals surface area (Å²) in [6.45, 7) is 2.98. The zero-order valence-electron chi connectivity index (χ0n) is 9.28. The molecule has 4 N–H and O–H groups in total. The first-order chi connectivity index (χ1) is 7.25. The topological polar surface area (TPSA) is 119 Å². The van der Waals surface area contributed by atoms with Gasteiger partial charge in [-0.2, -0.15) is 0 Å². The lowest BCUT2D eigenvalue weighted by molar-refractivity contribution is -0.149. The summed E-state index contributed by atoms with van der Waals surface area (Å²) in [4.78, 5) is 32.1. The second kappa shape index (κ2) is 5.94. The van der Waals surface area contributed by atoms with Crippen LogP contribution in [0.3, 0.4) is 0 Å². The molecule has 16 heavy (non-hydrogen) atoms. The Labute approximate surface area is 92.9 Å². The van der Waals surface area contributed by atoms with E-state index in [1.807, 2.05) is 0 Å². The van der Waals surface area contributed by atoms with Crippen molar-refractivity contribution in [1.82, 2.24) is 5.32 Å². The SMILES string of the molecule is CC(C)(CC(=O)NCCOC(N)=O)C(=O)O. The number of rotatable bonds is 6. The van der Waals surface area contributed by atoms with Crippen LogP contribution in [0.1, 0.15) is 20.3 Å². The maximum Gasteiger partial charge on any atom is 0.404 e. The number of hydrogen-bond donors (Lipinski definition) is 3. The summed E-state index contributed by atoms with van der Waals surface area (Å²) >= 11 is 0. The fourth-order valence-electron chi connectivity index (χ4n) is 0.882. The zero-order chi connectivity index (χ0) is 12.8. The van der Waals surface area contributed by atoms with Crippen molar-refractivity contribution in [3.05, 3.63) is 0 Å². The van der Waals surface area contributed by atoms with E-state index in [9.17, 15) is 14.4 Å². The molecule has 0 aromatic rings. The van der Waals surface area contributed by atoms with Crippen LogP contribution in [0.25, 0.3) is 0 Å². The number of nitrogens with one attached hydrogen (secondary N) is 1. The van der Waals surface area contributed by atoms with E-state index >= 15 is 0 Å². The molecule has 0 aromatic heterocycles. The van der Waals surface area contributed by atoms with Gasteiger partial charge in [-0.1, -0.05) is 0 Å². The molecule has 92 valence electrons. The fraction of sp³-hybridized carbons (Fsp3) is 0.667. The van der Waals surface area contributed by atoms with Gasteiger partial charge in [0, 0.05) is 6.42 Å². The van der Waals surface area contributed by atoms with Crippen molar-refractivity contribution in [3.63, 3.8) is 0 Å². The molecule has 0 radical (unpaired) electrons. The highest BCUT2D eigenvalue weighted by Gasteiger charge is 2.29. The first kappa shape index (κ1) is 14.2. The van der Waals surface area contributed by atoms with Crippen LogP contribution < -0.4 is 11.1 Å². The number of ether oxygens (including phenoxy) is 1. The normalized spacial score (nSPS) is 10.6. The molecule has 0 aromatic carbocycles. The number of carboxylic acid groups (broad SMARTS) is 1. The molecule has 0 aliphatic rings. The Balaban J connectivity index is 3.83. The largest absolute Gasteiger partial charge is 0.481 e. The van der Waals surface area contributed by atoms with E-state index in [2.05, 4.69) is 10.1 Å². The Morgan fingerprint density at radius 1 is 1.38 bits per heavy atom. The predicted octanol–water partition coefficient (Wildman–Crippen LogP) is -0.301. The van der Waals surface area contributed by atoms with Gasteiger partial charge in [0.15, 0.2) is 0 Å². The van der Waals surface area contributed by atoms with E-state index in [-0.39, 0.29) is 19.6 Å². The maximum absolute atomic E-state index is 11.3. The van der Waals surface area contributed by atoms with Gasteiger partial charge in [-0.05, 0) is 13.8 Å². The molecule has 0 aliphatic carbocycles. The van der Waals surface area contributed by atoms with Crippen LogP contribution in [-0.4, -0.2) is 36.2 Å². The lowest BCUT2D eigenvalue weighted by atomic mass is 9.89. The molecule has 0 spiro atoms. The van der Waals surface area contributed by atoms with Crippen molar-refractivity contribution in [2.24, 2.45) is 11.1 Å². The highest BCUT2D eigenvalue weighted by molar-refractivity contribution is 5.84. The van der Waals surface area contributed by atoms with Crippen molar-refractivity contribution in [2.75, 3.05) is 13.2 Å². The number of nitrogens with two attached hydrogens (primary N) is 1. The van der Waals surface area contributed by atoms with Gasteiger partial charge in [-0.15, -0.1) is 0 Å². The third-order valence-corrected chi connectivity index (χ3v) is 1.85. The van der Waals surface area contributed by atoms with E-state index in [1.54, 1.807) is 0 Å². The third kappa shape index (κ3) is 5.84. The molecule has 0 unspecified atom stereocenters. The molecular weight excluding hydrogens is 216 g/mol. The minimum Gasteiger partial charge on any atom is -0.481 e. The van der Waals surface area contributed by atoms with E-state index < -0.39 is 23.4 Å². The Bertz CT molecular complexity index is 288. The monoisotopic (exact) mass is 232 g/mol. The van der Waals surface area contributed by atoms with Crippen molar-refractivity contribution in [2.45, 2.75) is 20.3 Å². The molecule has 0 bridgehead atoms. The van der Waals surface area contributed by atoms with Crippen LogP contribution in [0.5, 0.6) is 0 Å². The van der Waals surface area contributed by atoms with Crippen molar-refractivity contribution in [1.29, 1.82) is 0 Å². The van der Waals surface area contributed by atoms with Crippen LogP contribution >= 0.6 is 0 Å². The van der Waals surface area contributed by atoms with E-state index in [0.717, 1.165) is 0 Å². The molecule has 0 aliphatic heterocycles. The summed E-state index contributed by atoms with van der Waals surface area (Å²) in [7, 11) is 0. The lowest BCUT2D eigenvalue weighted by Gasteiger charge is -2.18. The van der Waals surface area contributed by atoms with Gasteiger partial charge in [0.25, 0.3) is 0 Å². The van der Waals surface area contributed by atoms with Gasteiger partial charge in [0.05, 0.1) is 12.0 Å². The number of carboxylic acids is 1. The van der Waals surface area contributed by atoms with Crippen LogP contribution in [0.4, 0.5) is 4.79 Å². The highest BCUT2D eigenvalue weighted by Crippen LogP contribution is 2.19. The Hall–Kier alpha value is -1.79. The second-order valence-electron chi connectivity index (χ2n) is 3.88. The molecular formula is C9H16N2O5. The number of primary amides is 1. The van der Waals surface area contributed by atoms with Crippen LogP contribution in [-0.2, 0) is 14.3 Å². The number of carbonyl (C=O) groups is 3. The third-order valence-electron chi connectivity index (χ3n) is 1.85. The number of carbonyl (C=O) groups excluding carboxylic acids is 2. The summed E-state index contributed by atoms with van der Waals surface area (Å²) in [5.41, 5.74) is 3.58. The summed E-state index contributed by atoms with van der Waals surface area (Å²) in [6.07, 6.45) is -1.06. The quantitative estimate of drug-likeness (QED) is 0.543. The molecule has 2 amide bonds. The average Bonchev–Trinajstić information content (AvgIpc) is 2.11. The van der Waals surface area contributed by atoms with Crippen LogP contribution in [0.2, 0.25) is 0 Å². The minimum absolute atomic E-state index is 0.0332. The predicted molar refractivity (Wildman–Crippen MR) is 54.6 cm³/mol. The van der Waals surface area contributed by atoms with Gasteiger partial charge >= 0.3 is 12.1 Å². The van der Waals surface area contributed by atoms with E-state index in [1.165, 1.54) is 13.8 Å². The van der Waals surface area contributed by atoms with Crippen molar-refractivity contribution < 1.29 is 24.2 Å². The maximum atomic E-state index is 11.3. The second-order valence-corrected chi connectivity index (χ2v) is 3.88. The molecule has 0 rings (SSSR count). The highest BCUT2D eigenvalue weighted by atomic mass is 16.5. The van der Waals surface area contributed by atoms with Gasteiger partial charge in [0.1, 0.15) is 6.61 Å². The molecule has 0 atom stereocenters. The zero-order valence-corrected chi connectivity index (χ0v) is 9.28. The number of amides is 2. The Kier molecular flexibility index (Phi) is 5.27. The average molecular weight is 232 g/mol. The van der Waals surface area contributed by atoms with Gasteiger partial charge in [-0.3, -0.25) is 9.59 Å². The van der Waals surface area contributed by atoms with E-state index in [0.29, 0.717) is 0 Å². The molecule has 7 nitrogen and oxygen atoms in total. The van der Waals surface area contributed by atoms with Crippen LogP contribution in [0.15, 0.2) is 0 Å². The number of hydrogen-bond acceptors (Lipinski definition) is 4. The smallest absolute Gasteiger partial charge is 0.404 e. The van der Waals surface area contributed by atoms with Gasteiger partial charge in [0.2, 0.25) is 5.91 Å². The standard InChI is InChI=1S/C9H16N2O5/c1-9(2,7(13)14)5-6(12)11-3-4-16-8(10)15/h3-5H2,1-2H3,(H2,10,15)(H,11,12)(H,13,14). The first-order valence-corrected chi connectivity index (χ1v) is 4.68. The summed E-state index contributed by atoms with van der Waals surface area (Å²) < 4.78 is 4.38. The minimum atomic E-state index is -1.12. The summed E-state index contributed by atoms with van der Waals surface area (Å²) in [6, 6.07) is 0. The molecule has 0 saturated carbocycles. The number of aliphatic carboxylic acids is 1. The Morgan fingerprint density at radius 2 is 1.94 bits per heavy atom. The van der Waals surface area contributed by atoms with Gasteiger partial charge in [-0.25, -0.2) is 4.79 Å². The fourth-order valence-corrected chi connectivity index (χ4v) is 0.882. The van der Waals surface area contributed by atoms with Crippen molar-refractivity contribution in [3.8, 4) is 0 Å². The van der Waals surface area contributed by atoms with E-state index in [4.69, 9.17) is 10.8 Å². The molecule has 0 fully saturated rings. The lowest BCUT2D eigenvalue weighted by Crippen LogP contribution is -2.35. The molecule has 0 saturated heterocycles. The first-order valence-electron chi connectivity index (χ1n) is 4.68. The van der Waals surface area contributed by atoms with Gasteiger partial charge < -0.3 is 20.9 Å². The molecule has 0 heterocycles. The molecule has 7 heteroatoms. The summed E-state index contributed by atoms with van der Waals surface area (Å²) in [5, 5.41) is 11.2.